The number of halogens is 3. The fraction of sp³-hybridized carbons (Fsp3) is 0.357. The van der Waals surface area contributed by atoms with E-state index in [9.17, 15) is 0 Å². The molecule has 7 rings (SSSR count). The minimum absolute atomic E-state index is 0.160. The van der Waals surface area contributed by atoms with Crippen molar-refractivity contribution in [3.05, 3.63) is 83.9 Å². The van der Waals surface area contributed by atoms with E-state index in [1.54, 1.807) is 24.4 Å². The van der Waals surface area contributed by atoms with Crippen molar-refractivity contribution >= 4 is 52.7 Å². The average Bonchev–Trinajstić information content (AvgIpc) is 3.43. The molecule has 6 aromatic rings. The van der Waals surface area contributed by atoms with Crippen molar-refractivity contribution < 1.29 is 17.9 Å². The normalized spacial score (nSPS) is 13.8. The molecule has 0 saturated heterocycles. The van der Waals surface area contributed by atoms with Crippen molar-refractivity contribution in [3.8, 4) is 39.7 Å². The van der Waals surface area contributed by atoms with Crippen LogP contribution >= 0.6 is 0 Å². The van der Waals surface area contributed by atoms with Gasteiger partial charge in [0.1, 0.15) is 0 Å². The van der Waals surface area contributed by atoms with Crippen LogP contribution in [0.5, 0.6) is 11.5 Å². The molecule has 270 valence electrons. The molecule has 3 aromatic heterocycles. The van der Waals surface area contributed by atoms with Crippen LogP contribution in [0, 0.1) is 0 Å². The molecule has 0 atom stereocenters. The predicted octanol–water partition coefficient (Wildman–Crippen LogP) is 11.1. The summed E-state index contributed by atoms with van der Waals surface area (Å²) < 4.78 is 54.5. The van der Waals surface area contributed by atoms with Gasteiger partial charge in [-0.25, -0.2) is 0 Å². The summed E-state index contributed by atoms with van der Waals surface area (Å²) in [5.41, 5.74) is 5.63. The Morgan fingerprint density at radius 2 is 1.48 bits per heavy atom. The fourth-order valence-electron chi connectivity index (χ4n) is 6.89. The van der Waals surface area contributed by atoms with Gasteiger partial charge in [-0.15, -0.1) is 0 Å². The maximum atomic E-state index is 15.1. The third-order valence-corrected chi connectivity index (χ3v) is 16.2. The minimum Gasteiger partial charge on any atom is -0.252 e. The van der Waals surface area contributed by atoms with Crippen LogP contribution in [0.4, 0.5) is 13.2 Å². The molecule has 0 N–H and O–H groups in total. The number of rotatable bonds is 4. The van der Waals surface area contributed by atoms with Gasteiger partial charge in [-0.05, 0) is 23.1 Å². The van der Waals surface area contributed by atoms with Crippen LogP contribution in [0.15, 0.2) is 66.9 Å². The van der Waals surface area contributed by atoms with Gasteiger partial charge in [0.05, 0.1) is 13.8 Å². The Bertz CT molecular complexity index is 2390. The first-order valence-electron chi connectivity index (χ1n) is 17.8. The molecular weight excluding hydrogens is 734 g/mol. The first-order valence-corrected chi connectivity index (χ1v) is 28.7. The minimum atomic E-state index is -4.72. The topological polar surface area (TPSA) is 52.8 Å². The maximum absolute atomic E-state index is 15.1. The Hall–Kier alpha value is -3.96. The SMILES string of the molecule is CC(C)(C)c1cc(-c2cc([Si](C)(C)C)c3nc(C(F)(F)F)n(-c4ccc5c(c4)-c4nccc6c[c]([Ge]([CH3])([CH3])[CH3])cc(c46)O5)c3c2)nc(C(C)(C)C)c1. The van der Waals surface area contributed by atoms with Gasteiger partial charge in [0.25, 0.3) is 0 Å². The maximum Gasteiger partial charge on any atom is 0.0467 e. The molecule has 0 fully saturated rings. The number of hydrogen-bond acceptors (Lipinski definition) is 4. The van der Waals surface area contributed by atoms with Crippen molar-refractivity contribution in [1.29, 1.82) is 0 Å². The molecule has 52 heavy (non-hydrogen) atoms. The largest absolute Gasteiger partial charge is 0.252 e. The second-order valence-corrected chi connectivity index (χ2v) is 34.0. The summed E-state index contributed by atoms with van der Waals surface area (Å²) in [7, 11) is -2.24. The zero-order valence-corrected chi connectivity index (χ0v) is 35.3. The average molecular weight is 782 g/mol. The van der Waals surface area contributed by atoms with E-state index in [0.29, 0.717) is 33.7 Å². The molecule has 0 saturated carbocycles. The number of pyridine rings is 2. The van der Waals surface area contributed by atoms with Crippen LogP contribution in [-0.4, -0.2) is 40.9 Å². The van der Waals surface area contributed by atoms with E-state index in [4.69, 9.17) is 14.7 Å². The second-order valence-electron chi connectivity index (χ2n) is 18.3. The van der Waals surface area contributed by atoms with E-state index >= 15 is 13.2 Å². The summed E-state index contributed by atoms with van der Waals surface area (Å²) in [4.78, 5) is 14.3. The number of benzene rings is 3. The van der Waals surface area contributed by atoms with Crippen LogP contribution in [0.25, 0.3) is 50.0 Å². The molecule has 10 heteroatoms. The second kappa shape index (κ2) is 11.8. The molecular formula is C42H47F3GeN4OSi. The molecule has 0 unspecified atom stereocenters. The van der Waals surface area contributed by atoms with E-state index in [2.05, 4.69) is 108 Å². The Balaban J connectivity index is 1.52. The number of aromatic nitrogens is 4. The summed E-state index contributed by atoms with van der Waals surface area (Å²) in [6, 6.07) is 19.7. The molecule has 0 aliphatic carbocycles. The van der Waals surface area contributed by atoms with Crippen molar-refractivity contribution in [2.45, 2.75) is 95.5 Å². The Morgan fingerprint density at radius 3 is 2.10 bits per heavy atom. The van der Waals surface area contributed by atoms with Gasteiger partial charge in [-0.1, -0.05) is 67.2 Å². The van der Waals surface area contributed by atoms with Crippen molar-refractivity contribution in [2.75, 3.05) is 0 Å². The Labute approximate surface area is 308 Å². The molecule has 5 nitrogen and oxygen atoms in total. The van der Waals surface area contributed by atoms with E-state index in [1.807, 2.05) is 18.2 Å². The number of fused-ring (bicyclic) bond motifs is 3. The van der Waals surface area contributed by atoms with Crippen molar-refractivity contribution in [3.63, 3.8) is 0 Å². The van der Waals surface area contributed by atoms with Crippen LogP contribution in [-0.2, 0) is 17.0 Å². The van der Waals surface area contributed by atoms with Gasteiger partial charge in [0.2, 0.25) is 0 Å². The van der Waals surface area contributed by atoms with Gasteiger partial charge < -0.3 is 0 Å². The predicted molar refractivity (Wildman–Crippen MR) is 213 cm³/mol. The Kier molecular flexibility index (Phi) is 8.24. The Morgan fingerprint density at radius 1 is 0.769 bits per heavy atom. The van der Waals surface area contributed by atoms with Gasteiger partial charge >= 0.3 is 189 Å². The molecule has 1 aliphatic heterocycles. The monoisotopic (exact) mass is 782 g/mol. The van der Waals surface area contributed by atoms with E-state index in [0.717, 1.165) is 44.2 Å². The molecule has 0 radical (unpaired) electrons. The molecule has 0 bridgehead atoms. The van der Waals surface area contributed by atoms with Gasteiger partial charge in [0.15, 0.2) is 0 Å². The summed E-state index contributed by atoms with van der Waals surface area (Å²) in [5, 5.41) is 2.74. The smallest absolute Gasteiger partial charge is 0.0467 e. The molecule has 3 aromatic carbocycles. The van der Waals surface area contributed by atoms with Gasteiger partial charge in [-0.2, -0.15) is 0 Å². The summed E-state index contributed by atoms with van der Waals surface area (Å²) in [6.07, 6.45) is -2.95. The summed E-state index contributed by atoms with van der Waals surface area (Å²) >= 11 is -2.22. The third kappa shape index (κ3) is 6.37. The first kappa shape index (κ1) is 36.4. The number of alkyl halides is 3. The van der Waals surface area contributed by atoms with Crippen LogP contribution in [0.3, 0.4) is 0 Å². The van der Waals surface area contributed by atoms with E-state index < -0.39 is 33.3 Å². The zero-order chi connectivity index (χ0) is 37.9. The van der Waals surface area contributed by atoms with Crippen LogP contribution in [0.2, 0.25) is 36.9 Å². The van der Waals surface area contributed by atoms with E-state index in [-0.39, 0.29) is 10.8 Å². The van der Waals surface area contributed by atoms with Crippen molar-refractivity contribution in [2.24, 2.45) is 0 Å². The number of nitrogens with zero attached hydrogens (tertiary/aromatic N) is 4. The molecule has 0 amide bonds. The zero-order valence-electron chi connectivity index (χ0n) is 32.2. The molecule has 0 spiro atoms. The van der Waals surface area contributed by atoms with Gasteiger partial charge in [0, 0.05) is 11.1 Å². The standard InChI is InChI=1S/C42H47F3GeN4OSi/c1-40(2,3)26-20-30(48-35(21-26)41(4,5)6)25-18-31-38(34(19-25)52(10,11)12)49-39(42(43,44)45)50(31)28-13-14-32-29(23-28)37-36-24(15-16-47-37)17-27(46(7,8)9)22-33(36)51-32/h13-23H,1-12H3. The molecule has 4 heterocycles. The van der Waals surface area contributed by atoms with E-state index in [1.165, 1.54) is 8.96 Å². The van der Waals surface area contributed by atoms with Gasteiger partial charge in [-0.3, -0.25) is 4.98 Å². The third-order valence-electron chi connectivity index (χ3n) is 9.97. The number of imidazole rings is 1. The van der Waals surface area contributed by atoms with Crippen LogP contribution in [0.1, 0.15) is 58.6 Å². The van der Waals surface area contributed by atoms with Crippen molar-refractivity contribution in [1.82, 2.24) is 19.5 Å². The number of ether oxygens (including phenoxy) is 1. The fourth-order valence-corrected chi connectivity index (χ4v) is 10.8. The van der Waals surface area contributed by atoms with Crippen LogP contribution < -0.4 is 14.3 Å². The molecule has 1 aliphatic rings. The summed E-state index contributed by atoms with van der Waals surface area (Å²) in [6.45, 7) is 19.3. The summed E-state index contributed by atoms with van der Waals surface area (Å²) in [5.74, 6) is 7.36. The first-order chi connectivity index (χ1) is 23.9. The number of hydrogen-bond donors (Lipinski definition) is 0. The quantitative estimate of drug-likeness (QED) is 0.167.